The van der Waals surface area contributed by atoms with Crippen molar-refractivity contribution < 1.29 is 4.39 Å². The average molecular weight is 257 g/mol. The quantitative estimate of drug-likeness (QED) is 0.875. The van der Waals surface area contributed by atoms with E-state index in [-0.39, 0.29) is 5.82 Å². The Balaban J connectivity index is 2.03. The molecule has 1 fully saturated rings. The van der Waals surface area contributed by atoms with Gasteiger partial charge in [-0.25, -0.2) is 4.39 Å². The zero-order valence-electron chi connectivity index (χ0n) is 10.0. The van der Waals surface area contributed by atoms with Crippen LogP contribution in [0.4, 0.5) is 4.39 Å². The van der Waals surface area contributed by atoms with Crippen LogP contribution < -0.4 is 5.32 Å². The zero-order valence-corrected chi connectivity index (χ0v) is 10.8. The Bertz CT molecular complexity index is 384. The van der Waals surface area contributed by atoms with E-state index in [4.69, 9.17) is 11.6 Å². The largest absolute Gasteiger partial charge is 0.313 e. The molecule has 94 valence electrons. The van der Waals surface area contributed by atoms with Gasteiger partial charge < -0.3 is 5.32 Å². The van der Waals surface area contributed by atoms with Crippen molar-refractivity contribution in [2.24, 2.45) is 0 Å². The predicted molar refractivity (Wildman–Crippen MR) is 68.8 cm³/mol. The van der Waals surface area contributed by atoms with Gasteiger partial charge in [0.05, 0.1) is 0 Å². The van der Waals surface area contributed by atoms with Gasteiger partial charge in [-0.1, -0.05) is 17.7 Å². The highest BCUT2D eigenvalue weighted by molar-refractivity contribution is 6.31. The van der Waals surface area contributed by atoms with Gasteiger partial charge in [-0.2, -0.15) is 0 Å². The first-order valence-corrected chi connectivity index (χ1v) is 6.42. The molecule has 1 unspecified atom stereocenters. The molecule has 0 saturated carbocycles. The van der Waals surface area contributed by atoms with Crippen molar-refractivity contribution in [1.29, 1.82) is 0 Å². The molecule has 0 aromatic heterocycles. The van der Waals surface area contributed by atoms with Crippen molar-refractivity contribution in [3.8, 4) is 0 Å². The summed E-state index contributed by atoms with van der Waals surface area (Å²) >= 11 is 6.04. The molecule has 1 heterocycles. The molecule has 0 spiro atoms. The Morgan fingerprint density at radius 3 is 3.12 bits per heavy atom. The SMILES string of the molecule is CC1CN(Cc2ccc(F)cc2Cl)CCCN1. The lowest BCUT2D eigenvalue weighted by Crippen LogP contribution is -2.35. The molecule has 0 aliphatic carbocycles. The molecule has 0 bridgehead atoms. The molecule has 1 aromatic rings. The normalized spacial score (nSPS) is 22.4. The van der Waals surface area contributed by atoms with Gasteiger partial charge >= 0.3 is 0 Å². The molecule has 4 heteroatoms. The fourth-order valence-electron chi connectivity index (χ4n) is 2.23. The van der Waals surface area contributed by atoms with Gasteiger partial charge in [0.15, 0.2) is 0 Å². The minimum atomic E-state index is -0.273. The number of hydrogen-bond acceptors (Lipinski definition) is 2. The summed E-state index contributed by atoms with van der Waals surface area (Å²) < 4.78 is 12.9. The van der Waals surface area contributed by atoms with Gasteiger partial charge in [0.25, 0.3) is 0 Å². The molecule has 17 heavy (non-hydrogen) atoms. The van der Waals surface area contributed by atoms with Crippen LogP contribution in [-0.4, -0.2) is 30.6 Å². The maximum absolute atomic E-state index is 12.9. The molecular weight excluding hydrogens is 239 g/mol. The molecule has 1 aliphatic heterocycles. The number of benzene rings is 1. The molecule has 1 aliphatic rings. The maximum Gasteiger partial charge on any atom is 0.124 e. The fraction of sp³-hybridized carbons (Fsp3) is 0.538. The van der Waals surface area contributed by atoms with Crippen molar-refractivity contribution in [2.45, 2.75) is 25.9 Å². The number of rotatable bonds is 2. The highest BCUT2D eigenvalue weighted by Crippen LogP contribution is 2.19. The van der Waals surface area contributed by atoms with E-state index in [1.807, 2.05) is 0 Å². The van der Waals surface area contributed by atoms with Crippen LogP contribution in [0.3, 0.4) is 0 Å². The third kappa shape index (κ3) is 3.66. The molecule has 1 atom stereocenters. The molecule has 0 amide bonds. The Morgan fingerprint density at radius 1 is 1.53 bits per heavy atom. The van der Waals surface area contributed by atoms with Crippen molar-refractivity contribution in [2.75, 3.05) is 19.6 Å². The van der Waals surface area contributed by atoms with Gasteiger partial charge in [-0.3, -0.25) is 4.90 Å². The van der Waals surface area contributed by atoms with Gasteiger partial charge in [-0.15, -0.1) is 0 Å². The Morgan fingerprint density at radius 2 is 2.35 bits per heavy atom. The minimum absolute atomic E-state index is 0.273. The zero-order chi connectivity index (χ0) is 12.3. The monoisotopic (exact) mass is 256 g/mol. The fourth-order valence-corrected chi connectivity index (χ4v) is 2.46. The van der Waals surface area contributed by atoms with Crippen LogP contribution in [-0.2, 0) is 6.54 Å². The first-order valence-electron chi connectivity index (χ1n) is 6.05. The first-order chi connectivity index (χ1) is 8.15. The lowest BCUT2D eigenvalue weighted by atomic mass is 10.2. The Hall–Kier alpha value is -0.640. The van der Waals surface area contributed by atoms with Crippen LogP contribution >= 0.6 is 11.6 Å². The first kappa shape index (κ1) is 12.8. The third-order valence-corrected chi connectivity index (χ3v) is 3.44. The summed E-state index contributed by atoms with van der Waals surface area (Å²) in [4.78, 5) is 2.36. The number of nitrogens with one attached hydrogen (secondary N) is 1. The van der Waals surface area contributed by atoms with Crippen LogP contribution in [0.1, 0.15) is 18.9 Å². The van der Waals surface area contributed by atoms with Gasteiger partial charge in [0.2, 0.25) is 0 Å². The minimum Gasteiger partial charge on any atom is -0.313 e. The summed E-state index contributed by atoms with van der Waals surface area (Å²) in [5, 5.41) is 3.97. The van der Waals surface area contributed by atoms with E-state index in [9.17, 15) is 4.39 Å². The molecule has 2 nitrogen and oxygen atoms in total. The van der Waals surface area contributed by atoms with Crippen molar-refractivity contribution in [3.63, 3.8) is 0 Å². The molecule has 1 saturated heterocycles. The summed E-state index contributed by atoms with van der Waals surface area (Å²) in [7, 11) is 0. The third-order valence-electron chi connectivity index (χ3n) is 3.09. The lowest BCUT2D eigenvalue weighted by molar-refractivity contribution is 0.265. The predicted octanol–water partition coefficient (Wildman–Crippen LogP) is 2.66. The lowest BCUT2D eigenvalue weighted by Gasteiger charge is -2.22. The summed E-state index contributed by atoms with van der Waals surface area (Å²) in [6.07, 6.45) is 1.14. The number of halogens is 2. The van der Waals surface area contributed by atoms with Crippen LogP contribution in [0.25, 0.3) is 0 Å². The van der Waals surface area contributed by atoms with E-state index in [0.717, 1.165) is 38.2 Å². The van der Waals surface area contributed by atoms with Crippen LogP contribution in [0.15, 0.2) is 18.2 Å². The smallest absolute Gasteiger partial charge is 0.124 e. The van der Waals surface area contributed by atoms with Gasteiger partial charge in [-0.05, 0) is 44.1 Å². The average Bonchev–Trinajstić information content (AvgIpc) is 2.47. The molecule has 2 rings (SSSR count). The molecule has 1 aromatic carbocycles. The van der Waals surface area contributed by atoms with Crippen molar-refractivity contribution in [3.05, 3.63) is 34.6 Å². The summed E-state index contributed by atoms with van der Waals surface area (Å²) in [6.45, 7) is 6.11. The van der Waals surface area contributed by atoms with E-state index in [1.165, 1.54) is 12.1 Å². The van der Waals surface area contributed by atoms with E-state index < -0.39 is 0 Å². The van der Waals surface area contributed by atoms with Crippen molar-refractivity contribution >= 4 is 11.6 Å². The van der Waals surface area contributed by atoms with E-state index in [1.54, 1.807) is 6.07 Å². The maximum atomic E-state index is 12.9. The van der Waals surface area contributed by atoms with E-state index in [0.29, 0.717) is 11.1 Å². The topological polar surface area (TPSA) is 15.3 Å². The van der Waals surface area contributed by atoms with Crippen molar-refractivity contribution in [1.82, 2.24) is 10.2 Å². The Kier molecular flexibility index (Phi) is 4.37. The number of nitrogens with zero attached hydrogens (tertiary/aromatic N) is 1. The molecule has 0 radical (unpaired) electrons. The van der Waals surface area contributed by atoms with E-state index in [2.05, 4.69) is 17.1 Å². The highest BCUT2D eigenvalue weighted by Gasteiger charge is 2.15. The second-order valence-electron chi connectivity index (χ2n) is 4.68. The van der Waals surface area contributed by atoms with Crippen LogP contribution in [0.2, 0.25) is 5.02 Å². The van der Waals surface area contributed by atoms with Crippen LogP contribution in [0.5, 0.6) is 0 Å². The van der Waals surface area contributed by atoms with Gasteiger partial charge in [0.1, 0.15) is 5.82 Å². The second kappa shape index (κ2) is 5.80. The summed E-state index contributed by atoms with van der Waals surface area (Å²) in [5.41, 5.74) is 1.00. The van der Waals surface area contributed by atoms with Crippen LogP contribution in [0, 0.1) is 5.82 Å². The number of hydrogen-bond donors (Lipinski definition) is 1. The second-order valence-corrected chi connectivity index (χ2v) is 5.09. The Labute approximate surface area is 107 Å². The molecular formula is C13H18ClFN2. The van der Waals surface area contributed by atoms with Gasteiger partial charge in [0, 0.05) is 24.2 Å². The standard InChI is InChI=1S/C13H18ClFN2/c1-10-8-17(6-2-5-16-10)9-11-3-4-12(15)7-13(11)14/h3-4,7,10,16H,2,5-6,8-9H2,1H3. The highest BCUT2D eigenvalue weighted by atomic mass is 35.5. The van der Waals surface area contributed by atoms with E-state index >= 15 is 0 Å². The summed E-state index contributed by atoms with van der Waals surface area (Å²) in [6, 6.07) is 5.13. The molecule has 1 N–H and O–H groups in total. The summed E-state index contributed by atoms with van der Waals surface area (Å²) in [5.74, 6) is -0.273.